The summed E-state index contributed by atoms with van der Waals surface area (Å²) < 4.78 is 1.69. The number of aryl methyl sites for hydroxylation is 1. The molecule has 0 saturated heterocycles. The SMILES string of the molecule is Cc1ccccc1Cn1cc(C(=O)NCC(C)c2ccccc2)nn1. The van der Waals surface area contributed by atoms with Gasteiger partial charge in [-0.05, 0) is 29.5 Å². The van der Waals surface area contributed by atoms with Gasteiger partial charge in [0.25, 0.3) is 5.91 Å². The minimum atomic E-state index is -0.196. The van der Waals surface area contributed by atoms with E-state index in [9.17, 15) is 4.79 Å². The van der Waals surface area contributed by atoms with Crippen LogP contribution in [0, 0.1) is 6.92 Å². The fourth-order valence-electron chi connectivity index (χ4n) is 2.68. The van der Waals surface area contributed by atoms with Crippen molar-refractivity contribution in [1.29, 1.82) is 0 Å². The van der Waals surface area contributed by atoms with Crippen LogP contribution in [0.15, 0.2) is 60.8 Å². The van der Waals surface area contributed by atoms with Gasteiger partial charge in [-0.2, -0.15) is 0 Å². The van der Waals surface area contributed by atoms with Gasteiger partial charge >= 0.3 is 0 Å². The Morgan fingerprint density at radius 1 is 1.12 bits per heavy atom. The molecule has 0 radical (unpaired) electrons. The second kappa shape index (κ2) is 7.75. The summed E-state index contributed by atoms with van der Waals surface area (Å²) in [5.74, 6) is 0.0472. The summed E-state index contributed by atoms with van der Waals surface area (Å²) in [5, 5.41) is 11.0. The minimum absolute atomic E-state index is 0.196. The molecule has 1 amide bonds. The molecule has 5 nitrogen and oxygen atoms in total. The number of carbonyl (C=O) groups excluding carboxylic acids is 1. The largest absolute Gasteiger partial charge is 0.350 e. The average Bonchev–Trinajstić information content (AvgIpc) is 3.11. The Morgan fingerprint density at radius 2 is 1.84 bits per heavy atom. The van der Waals surface area contributed by atoms with Crippen LogP contribution in [0.4, 0.5) is 0 Å². The number of benzene rings is 2. The maximum absolute atomic E-state index is 12.3. The molecule has 3 aromatic rings. The average molecular weight is 334 g/mol. The molecule has 25 heavy (non-hydrogen) atoms. The first-order chi connectivity index (χ1) is 12.1. The van der Waals surface area contributed by atoms with Crippen LogP contribution >= 0.6 is 0 Å². The van der Waals surface area contributed by atoms with E-state index >= 15 is 0 Å². The predicted molar refractivity (Wildman–Crippen MR) is 97.5 cm³/mol. The predicted octanol–water partition coefficient (Wildman–Crippen LogP) is 3.17. The van der Waals surface area contributed by atoms with Crippen LogP contribution in [-0.4, -0.2) is 27.4 Å². The van der Waals surface area contributed by atoms with Gasteiger partial charge in [-0.15, -0.1) is 5.10 Å². The molecular formula is C20H22N4O. The molecule has 0 spiro atoms. The molecule has 0 saturated carbocycles. The zero-order valence-corrected chi connectivity index (χ0v) is 14.5. The fourth-order valence-corrected chi connectivity index (χ4v) is 2.68. The topological polar surface area (TPSA) is 59.8 Å². The van der Waals surface area contributed by atoms with E-state index in [-0.39, 0.29) is 11.8 Å². The summed E-state index contributed by atoms with van der Waals surface area (Å²) in [6, 6.07) is 18.2. The van der Waals surface area contributed by atoms with E-state index in [1.807, 2.05) is 30.3 Å². The monoisotopic (exact) mass is 334 g/mol. The van der Waals surface area contributed by atoms with E-state index in [0.717, 1.165) is 5.56 Å². The molecule has 1 N–H and O–H groups in total. The summed E-state index contributed by atoms with van der Waals surface area (Å²) in [6.45, 7) is 5.32. The highest BCUT2D eigenvalue weighted by Crippen LogP contribution is 2.13. The first-order valence-corrected chi connectivity index (χ1v) is 8.41. The second-order valence-corrected chi connectivity index (χ2v) is 6.25. The standard InChI is InChI=1S/C20H22N4O/c1-15-8-6-7-11-18(15)13-24-14-19(22-23-24)20(25)21-12-16(2)17-9-4-3-5-10-17/h3-11,14,16H,12-13H2,1-2H3,(H,21,25). The van der Waals surface area contributed by atoms with Gasteiger partial charge in [0.15, 0.2) is 5.69 Å². The lowest BCUT2D eigenvalue weighted by Gasteiger charge is -2.12. The molecule has 5 heteroatoms. The van der Waals surface area contributed by atoms with Crippen molar-refractivity contribution in [2.45, 2.75) is 26.3 Å². The lowest BCUT2D eigenvalue weighted by molar-refractivity contribution is 0.0946. The Bertz CT molecular complexity index is 842. The first kappa shape index (κ1) is 16.9. The highest BCUT2D eigenvalue weighted by Gasteiger charge is 2.13. The molecule has 1 heterocycles. The third kappa shape index (κ3) is 4.32. The fraction of sp³-hybridized carbons (Fsp3) is 0.250. The van der Waals surface area contributed by atoms with Crippen LogP contribution < -0.4 is 5.32 Å². The van der Waals surface area contributed by atoms with Gasteiger partial charge in [0, 0.05) is 6.54 Å². The summed E-state index contributed by atoms with van der Waals surface area (Å²) in [6.07, 6.45) is 1.69. The molecule has 0 fully saturated rings. The van der Waals surface area contributed by atoms with Gasteiger partial charge in [-0.1, -0.05) is 66.7 Å². The zero-order chi connectivity index (χ0) is 17.6. The smallest absolute Gasteiger partial charge is 0.273 e. The minimum Gasteiger partial charge on any atom is -0.350 e. The van der Waals surface area contributed by atoms with Gasteiger partial charge in [-0.25, -0.2) is 4.68 Å². The maximum atomic E-state index is 12.3. The van der Waals surface area contributed by atoms with Crippen LogP contribution in [0.2, 0.25) is 0 Å². The summed E-state index contributed by atoms with van der Waals surface area (Å²) >= 11 is 0. The van der Waals surface area contributed by atoms with E-state index < -0.39 is 0 Å². The lowest BCUT2D eigenvalue weighted by atomic mass is 10.0. The lowest BCUT2D eigenvalue weighted by Crippen LogP contribution is -2.27. The van der Waals surface area contributed by atoms with Gasteiger partial charge in [0.05, 0.1) is 12.7 Å². The third-order valence-electron chi connectivity index (χ3n) is 4.30. The molecule has 0 aliphatic heterocycles. The Morgan fingerprint density at radius 3 is 2.60 bits per heavy atom. The van der Waals surface area contributed by atoms with Crippen molar-refractivity contribution in [3.8, 4) is 0 Å². The number of hydrogen-bond acceptors (Lipinski definition) is 3. The summed E-state index contributed by atoms with van der Waals surface area (Å²) in [7, 11) is 0. The number of nitrogens with one attached hydrogen (secondary N) is 1. The van der Waals surface area contributed by atoms with Crippen molar-refractivity contribution >= 4 is 5.91 Å². The van der Waals surface area contributed by atoms with Crippen molar-refractivity contribution in [2.75, 3.05) is 6.54 Å². The molecular weight excluding hydrogens is 312 g/mol. The molecule has 0 aliphatic rings. The highest BCUT2D eigenvalue weighted by molar-refractivity contribution is 5.91. The molecule has 0 bridgehead atoms. The quantitative estimate of drug-likeness (QED) is 0.753. The normalized spacial score (nSPS) is 11.9. The third-order valence-corrected chi connectivity index (χ3v) is 4.30. The first-order valence-electron chi connectivity index (χ1n) is 8.41. The number of rotatable bonds is 6. The molecule has 2 aromatic carbocycles. The van der Waals surface area contributed by atoms with E-state index in [1.54, 1.807) is 10.9 Å². The van der Waals surface area contributed by atoms with E-state index in [1.165, 1.54) is 11.1 Å². The Labute approximate surface area is 147 Å². The number of aromatic nitrogens is 3. The van der Waals surface area contributed by atoms with Crippen molar-refractivity contribution < 1.29 is 4.79 Å². The number of carbonyl (C=O) groups is 1. The van der Waals surface area contributed by atoms with Crippen molar-refractivity contribution in [3.63, 3.8) is 0 Å². The highest BCUT2D eigenvalue weighted by atomic mass is 16.2. The number of amides is 1. The Balaban J connectivity index is 1.58. The molecule has 3 rings (SSSR count). The molecule has 128 valence electrons. The van der Waals surface area contributed by atoms with Gasteiger partial charge in [-0.3, -0.25) is 4.79 Å². The number of nitrogens with zero attached hydrogens (tertiary/aromatic N) is 3. The van der Waals surface area contributed by atoms with Crippen LogP contribution in [0.25, 0.3) is 0 Å². The van der Waals surface area contributed by atoms with Crippen molar-refractivity contribution in [3.05, 3.63) is 83.2 Å². The summed E-state index contributed by atoms with van der Waals surface area (Å²) in [5.41, 5.74) is 3.90. The van der Waals surface area contributed by atoms with Gasteiger partial charge < -0.3 is 5.32 Å². The molecule has 1 atom stereocenters. The molecule has 0 aliphatic carbocycles. The maximum Gasteiger partial charge on any atom is 0.273 e. The van der Waals surface area contributed by atoms with Crippen molar-refractivity contribution in [2.24, 2.45) is 0 Å². The van der Waals surface area contributed by atoms with E-state index in [4.69, 9.17) is 0 Å². The van der Waals surface area contributed by atoms with E-state index in [0.29, 0.717) is 18.8 Å². The molecule has 1 unspecified atom stereocenters. The van der Waals surface area contributed by atoms with Crippen molar-refractivity contribution in [1.82, 2.24) is 20.3 Å². The number of hydrogen-bond donors (Lipinski definition) is 1. The van der Waals surface area contributed by atoms with Crippen LogP contribution in [-0.2, 0) is 6.54 Å². The van der Waals surface area contributed by atoms with Gasteiger partial charge in [0.2, 0.25) is 0 Å². The van der Waals surface area contributed by atoms with E-state index in [2.05, 4.69) is 53.7 Å². The summed E-state index contributed by atoms with van der Waals surface area (Å²) in [4.78, 5) is 12.3. The Kier molecular flexibility index (Phi) is 5.23. The zero-order valence-electron chi connectivity index (χ0n) is 14.5. The molecule has 1 aromatic heterocycles. The van der Waals surface area contributed by atoms with Crippen LogP contribution in [0.3, 0.4) is 0 Å². The van der Waals surface area contributed by atoms with Gasteiger partial charge in [0.1, 0.15) is 0 Å². The van der Waals surface area contributed by atoms with Crippen LogP contribution in [0.5, 0.6) is 0 Å². The Hall–Kier alpha value is -2.95. The van der Waals surface area contributed by atoms with Crippen LogP contribution in [0.1, 0.15) is 40.0 Å². The second-order valence-electron chi connectivity index (χ2n) is 6.25.